The Morgan fingerprint density at radius 3 is 2.39 bits per heavy atom. The molecule has 2 aromatic rings. The number of hydrogen-bond donors (Lipinski definition) is 0. The largest absolute Gasteiger partial charge is 0.204 e. The molecule has 0 nitrogen and oxygen atoms in total. The molecule has 0 heterocycles. The summed E-state index contributed by atoms with van der Waals surface area (Å²) < 4.78 is 26.7. The van der Waals surface area contributed by atoms with Crippen LogP contribution in [0.25, 0.3) is 11.6 Å². The fourth-order valence-corrected chi connectivity index (χ4v) is 3.18. The topological polar surface area (TPSA) is 0 Å². The molecule has 0 radical (unpaired) electrons. The molecule has 2 aromatic carbocycles. The second kappa shape index (κ2) is 7.08. The minimum atomic E-state index is -0.771. The van der Waals surface area contributed by atoms with Crippen LogP contribution in [-0.4, -0.2) is 0 Å². The number of fused-ring (bicyclic) bond motifs is 1. The van der Waals surface area contributed by atoms with Crippen molar-refractivity contribution in [2.24, 2.45) is 0 Å². The standard InChI is InChI=1S/C21H22F2/c1-2-3-4-5-15-6-8-16(9-7-15)17-10-11-18-13-20(22)21(23)14-19(18)12-17/h6-9,12-14H,2-5,10-11H2,1H3. The summed E-state index contributed by atoms with van der Waals surface area (Å²) in [6.07, 6.45) is 8.49. The minimum Gasteiger partial charge on any atom is -0.204 e. The lowest BCUT2D eigenvalue weighted by atomic mass is 9.88. The van der Waals surface area contributed by atoms with Crippen molar-refractivity contribution in [1.29, 1.82) is 0 Å². The van der Waals surface area contributed by atoms with E-state index >= 15 is 0 Å². The van der Waals surface area contributed by atoms with E-state index in [-0.39, 0.29) is 0 Å². The number of unbranched alkanes of at least 4 members (excludes halogenated alkanes) is 2. The highest BCUT2D eigenvalue weighted by molar-refractivity contribution is 5.84. The Balaban J connectivity index is 1.79. The zero-order chi connectivity index (χ0) is 16.2. The molecule has 1 aliphatic carbocycles. The first-order valence-corrected chi connectivity index (χ1v) is 8.45. The van der Waals surface area contributed by atoms with Crippen LogP contribution in [0.1, 0.15) is 54.9 Å². The van der Waals surface area contributed by atoms with Crippen molar-refractivity contribution < 1.29 is 8.78 Å². The Labute approximate surface area is 136 Å². The smallest absolute Gasteiger partial charge is 0.159 e. The van der Waals surface area contributed by atoms with Gasteiger partial charge in [-0.05, 0) is 65.6 Å². The molecule has 0 fully saturated rings. The van der Waals surface area contributed by atoms with Crippen LogP contribution in [0.4, 0.5) is 8.78 Å². The molecule has 0 aromatic heterocycles. The van der Waals surface area contributed by atoms with Crippen LogP contribution in [0.5, 0.6) is 0 Å². The molecular weight excluding hydrogens is 290 g/mol. The van der Waals surface area contributed by atoms with Crippen LogP contribution in [0.2, 0.25) is 0 Å². The second-order valence-electron chi connectivity index (χ2n) is 6.29. The molecule has 0 atom stereocenters. The highest BCUT2D eigenvalue weighted by atomic mass is 19.2. The number of halogens is 2. The van der Waals surface area contributed by atoms with Gasteiger partial charge in [0.05, 0.1) is 0 Å². The summed E-state index contributed by atoms with van der Waals surface area (Å²) in [5.74, 6) is -1.52. The van der Waals surface area contributed by atoms with Gasteiger partial charge in [0.25, 0.3) is 0 Å². The molecule has 0 saturated carbocycles. The van der Waals surface area contributed by atoms with Crippen molar-refractivity contribution in [3.05, 3.63) is 70.3 Å². The first kappa shape index (κ1) is 15.9. The fourth-order valence-electron chi connectivity index (χ4n) is 3.18. The van der Waals surface area contributed by atoms with E-state index in [4.69, 9.17) is 0 Å². The number of aryl methyl sites for hydroxylation is 2. The summed E-state index contributed by atoms with van der Waals surface area (Å²) in [6, 6.07) is 11.3. The third kappa shape index (κ3) is 3.69. The lowest BCUT2D eigenvalue weighted by molar-refractivity contribution is 0.506. The third-order valence-corrected chi connectivity index (χ3v) is 4.57. The molecular formula is C21H22F2. The van der Waals surface area contributed by atoms with Crippen LogP contribution in [0.3, 0.4) is 0 Å². The van der Waals surface area contributed by atoms with Crippen molar-refractivity contribution in [3.63, 3.8) is 0 Å². The van der Waals surface area contributed by atoms with Gasteiger partial charge in [0.2, 0.25) is 0 Å². The summed E-state index contributed by atoms with van der Waals surface area (Å²) in [5.41, 5.74) is 5.44. The lowest BCUT2D eigenvalue weighted by Crippen LogP contribution is -2.01. The molecule has 0 saturated heterocycles. The normalized spacial score (nSPS) is 13.6. The van der Waals surface area contributed by atoms with Crippen LogP contribution in [0.15, 0.2) is 36.4 Å². The number of benzene rings is 2. The predicted molar refractivity (Wildman–Crippen MR) is 92.2 cm³/mol. The van der Waals surface area contributed by atoms with Gasteiger partial charge in [-0.1, -0.05) is 50.1 Å². The van der Waals surface area contributed by atoms with E-state index in [1.54, 1.807) is 0 Å². The highest BCUT2D eigenvalue weighted by Gasteiger charge is 2.15. The molecule has 0 aliphatic heterocycles. The van der Waals surface area contributed by atoms with Crippen molar-refractivity contribution >= 4 is 11.6 Å². The third-order valence-electron chi connectivity index (χ3n) is 4.57. The van der Waals surface area contributed by atoms with Gasteiger partial charge in [-0.25, -0.2) is 8.78 Å². The molecule has 0 unspecified atom stereocenters. The maximum absolute atomic E-state index is 13.4. The molecule has 1 aliphatic rings. The van der Waals surface area contributed by atoms with E-state index in [2.05, 4.69) is 31.2 Å². The monoisotopic (exact) mass is 312 g/mol. The SMILES string of the molecule is CCCCCc1ccc(C2=Cc3cc(F)c(F)cc3CC2)cc1. The van der Waals surface area contributed by atoms with E-state index < -0.39 is 11.6 Å². The molecule has 3 rings (SSSR count). The first-order valence-electron chi connectivity index (χ1n) is 8.45. The van der Waals surface area contributed by atoms with Gasteiger partial charge in [-0.15, -0.1) is 0 Å². The Bertz CT molecular complexity index is 711. The van der Waals surface area contributed by atoms with Crippen molar-refractivity contribution in [1.82, 2.24) is 0 Å². The molecule has 0 N–H and O–H groups in total. The van der Waals surface area contributed by atoms with Gasteiger partial charge in [0.1, 0.15) is 0 Å². The first-order chi connectivity index (χ1) is 11.2. The highest BCUT2D eigenvalue weighted by Crippen LogP contribution is 2.31. The maximum Gasteiger partial charge on any atom is 0.159 e. The average Bonchev–Trinajstić information content (AvgIpc) is 2.56. The number of hydrogen-bond acceptors (Lipinski definition) is 0. The van der Waals surface area contributed by atoms with Crippen LogP contribution < -0.4 is 0 Å². The number of allylic oxidation sites excluding steroid dienone is 1. The summed E-state index contributed by atoms with van der Waals surface area (Å²) in [6.45, 7) is 2.21. The Kier molecular flexibility index (Phi) is 4.90. The van der Waals surface area contributed by atoms with Gasteiger partial charge in [-0.2, -0.15) is 0 Å². The van der Waals surface area contributed by atoms with Gasteiger partial charge in [0, 0.05) is 0 Å². The zero-order valence-corrected chi connectivity index (χ0v) is 13.5. The second-order valence-corrected chi connectivity index (χ2v) is 6.29. The van der Waals surface area contributed by atoms with E-state index in [0.717, 1.165) is 30.4 Å². The van der Waals surface area contributed by atoms with Crippen molar-refractivity contribution in [2.45, 2.75) is 45.4 Å². The van der Waals surface area contributed by atoms with Gasteiger partial charge in [-0.3, -0.25) is 0 Å². The maximum atomic E-state index is 13.4. The van der Waals surface area contributed by atoms with E-state index in [0.29, 0.717) is 0 Å². The van der Waals surface area contributed by atoms with Crippen molar-refractivity contribution in [2.75, 3.05) is 0 Å². The number of rotatable bonds is 5. The van der Waals surface area contributed by atoms with Crippen LogP contribution in [0, 0.1) is 11.6 Å². The Morgan fingerprint density at radius 2 is 1.65 bits per heavy atom. The fraction of sp³-hybridized carbons (Fsp3) is 0.333. The van der Waals surface area contributed by atoms with Crippen LogP contribution in [-0.2, 0) is 12.8 Å². The lowest BCUT2D eigenvalue weighted by Gasteiger charge is -2.17. The van der Waals surface area contributed by atoms with Gasteiger partial charge < -0.3 is 0 Å². The Hall–Kier alpha value is -1.96. The molecule has 0 spiro atoms. The summed E-state index contributed by atoms with van der Waals surface area (Å²) in [5, 5.41) is 0. The Morgan fingerprint density at radius 1 is 0.913 bits per heavy atom. The summed E-state index contributed by atoms with van der Waals surface area (Å²) in [4.78, 5) is 0. The quantitative estimate of drug-likeness (QED) is 0.578. The van der Waals surface area contributed by atoms with Gasteiger partial charge in [0.15, 0.2) is 11.6 Å². The van der Waals surface area contributed by atoms with Gasteiger partial charge >= 0.3 is 0 Å². The van der Waals surface area contributed by atoms with E-state index in [1.165, 1.54) is 48.1 Å². The van der Waals surface area contributed by atoms with E-state index in [1.807, 2.05) is 6.08 Å². The molecule has 120 valence electrons. The molecule has 23 heavy (non-hydrogen) atoms. The average molecular weight is 312 g/mol. The van der Waals surface area contributed by atoms with Crippen molar-refractivity contribution in [3.8, 4) is 0 Å². The summed E-state index contributed by atoms with van der Waals surface area (Å²) >= 11 is 0. The molecule has 2 heteroatoms. The van der Waals surface area contributed by atoms with Crippen LogP contribution >= 0.6 is 0 Å². The summed E-state index contributed by atoms with van der Waals surface area (Å²) in [7, 11) is 0. The van der Waals surface area contributed by atoms with E-state index in [9.17, 15) is 8.78 Å². The predicted octanol–water partition coefficient (Wildman–Crippen LogP) is 6.18. The molecule has 0 bridgehead atoms. The zero-order valence-electron chi connectivity index (χ0n) is 13.5. The molecule has 0 amide bonds. The minimum absolute atomic E-state index is 0.753.